The van der Waals surface area contributed by atoms with Gasteiger partial charge in [0.05, 0.1) is 6.54 Å². The Labute approximate surface area is 130 Å². The molecule has 0 aromatic heterocycles. The van der Waals surface area contributed by atoms with Crippen LogP contribution in [-0.2, 0) is 17.9 Å². The lowest BCUT2D eigenvalue weighted by Crippen LogP contribution is -2.34. The largest absolute Gasteiger partial charge is 0.351 e. The van der Waals surface area contributed by atoms with E-state index in [0.29, 0.717) is 25.2 Å². The van der Waals surface area contributed by atoms with Crippen molar-refractivity contribution in [2.24, 2.45) is 0 Å². The maximum Gasteiger partial charge on any atom is 0.234 e. The molecular formula is C18H21FN2O. The first-order valence-electron chi connectivity index (χ1n) is 7.29. The summed E-state index contributed by atoms with van der Waals surface area (Å²) < 4.78 is 13.4. The van der Waals surface area contributed by atoms with E-state index in [1.54, 1.807) is 13.0 Å². The molecule has 2 rings (SSSR count). The Kier molecular flexibility index (Phi) is 5.67. The zero-order chi connectivity index (χ0) is 15.9. The molecule has 0 atom stereocenters. The fourth-order valence-corrected chi connectivity index (χ4v) is 2.20. The van der Waals surface area contributed by atoms with E-state index in [1.165, 1.54) is 11.6 Å². The van der Waals surface area contributed by atoms with Gasteiger partial charge >= 0.3 is 0 Å². The number of hydrogen-bond acceptors (Lipinski definition) is 2. The predicted octanol–water partition coefficient (Wildman–Crippen LogP) is 2.88. The molecule has 0 aliphatic heterocycles. The van der Waals surface area contributed by atoms with Crippen molar-refractivity contribution in [1.29, 1.82) is 0 Å². The van der Waals surface area contributed by atoms with Gasteiger partial charge in [-0.1, -0.05) is 42.5 Å². The summed E-state index contributed by atoms with van der Waals surface area (Å²) in [5.41, 5.74) is 2.54. The number of aryl methyl sites for hydroxylation is 1. The van der Waals surface area contributed by atoms with E-state index in [1.807, 2.05) is 48.3 Å². The Morgan fingerprint density at radius 3 is 2.55 bits per heavy atom. The van der Waals surface area contributed by atoms with Crippen LogP contribution in [0.3, 0.4) is 0 Å². The Bertz CT molecular complexity index is 628. The van der Waals surface area contributed by atoms with Gasteiger partial charge in [0.1, 0.15) is 5.82 Å². The summed E-state index contributed by atoms with van der Waals surface area (Å²) in [7, 11) is 1.90. The molecule has 0 radical (unpaired) electrons. The first kappa shape index (κ1) is 16.2. The van der Waals surface area contributed by atoms with Crippen LogP contribution in [0.4, 0.5) is 4.39 Å². The van der Waals surface area contributed by atoms with Crippen LogP contribution in [0, 0.1) is 12.7 Å². The summed E-state index contributed by atoms with van der Waals surface area (Å²) in [4.78, 5) is 13.9. The monoisotopic (exact) mass is 300 g/mol. The maximum absolute atomic E-state index is 13.4. The smallest absolute Gasteiger partial charge is 0.234 e. The molecule has 0 bridgehead atoms. The highest BCUT2D eigenvalue weighted by Gasteiger charge is 2.07. The van der Waals surface area contributed by atoms with Crippen LogP contribution in [0.1, 0.15) is 16.7 Å². The second-order valence-electron chi connectivity index (χ2n) is 5.52. The first-order valence-corrected chi connectivity index (χ1v) is 7.29. The number of nitrogens with zero attached hydrogens (tertiary/aromatic N) is 1. The number of likely N-dealkylation sites (N-methyl/N-ethyl adjacent to an activating group) is 1. The molecule has 0 aliphatic carbocycles. The highest BCUT2D eigenvalue weighted by molar-refractivity contribution is 5.77. The van der Waals surface area contributed by atoms with Crippen LogP contribution in [0.25, 0.3) is 0 Å². The van der Waals surface area contributed by atoms with Gasteiger partial charge in [0, 0.05) is 13.1 Å². The molecule has 0 unspecified atom stereocenters. The van der Waals surface area contributed by atoms with Crippen molar-refractivity contribution in [1.82, 2.24) is 10.2 Å². The van der Waals surface area contributed by atoms with E-state index in [2.05, 4.69) is 5.32 Å². The van der Waals surface area contributed by atoms with Crippen molar-refractivity contribution in [2.45, 2.75) is 20.0 Å². The molecule has 2 aromatic carbocycles. The van der Waals surface area contributed by atoms with Crippen LogP contribution < -0.4 is 5.32 Å². The fourth-order valence-electron chi connectivity index (χ4n) is 2.20. The average Bonchev–Trinajstić information content (AvgIpc) is 2.49. The van der Waals surface area contributed by atoms with E-state index in [-0.39, 0.29) is 11.7 Å². The second kappa shape index (κ2) is 7.71. The van der Waals surface area contributed by atoms with Crippen molar-refractivity contribution >= 4 is 5.91 Å². The van der Waals surface area contributed by atoms with Crippen molar-refractivity contribution < 1.29 is 9.18 Å². The van der Waals surface area contributed by atoms with Crippen LogP contribution in [0.15, 0.2) is 48.5 Å². The lowest BCUT2D eigenvalue weighted by molar-refractivity contribution is -0.122. The molecule has 22 heavy (non-hydrogen) atoms. The minimum atomic E-state index is -0.243. The summed E-state index contributed by atoms with van der Waals surface area (Å²) in [6.45, 7) is 3.09. The number of halogens is 1. The van der Waals surface area contributed by atoms with E-state index in [0.717, 1.165) is 5.56 Å². The number of amides is 1. The first-order chi connectivity index (χ1) is 10.5. The van der Waals surface area contributed by atoms with Gasteiger partial charge < -0.3 is 5.32 Å². The normalized spacial score (nSPS) is 10.7. The highest BCUT2D eigenvalue weighted by Crippen LogP contribution is 2.09. The standard InChI is InChI=1S/C18H21FN2O/c1-14-8-9-16(10-17(14)19)11-20-18(22)13-21(2)12-15-6-4-3-5-7-15/h3-10H,11-13H2,1-2H3,(H,20,22). The highest BCUT2D eigenvalue weighted by atomic mass is 19.1. The zero-order valence-corrected chi connectivity index (χ0v) is 13.0. The molecule has 4 heteroatoms. The quantitative estimate of drug-likeness (QED) is 0.889. The van der Waals surface area contributed by atoms with E-state index >= 15 is 0 Å². The van der Waals surface area contributed by atoms with Gasteiger partial charge in [0.2, 0.25) is 5.91 Å². The Hall–Kier alpha value is -2.20. The summed E-state index contributed by atoms with van der Waals surface area (Å²) in [5.74, 6) is -0.313. The Morgan fingerprint density at radius 2 is 1.86 bits per heavy atom. The molecule has 0 saturated carbocycles. The van der Waals surface area contributed by atoms with Crippen LogP contribution >= 0.6 is 0 Å². The second-order valence-corrected chi connectivity index (χ2v) is 5.52. The summed E-state index contributed by atoms with van der Waals surface area (Å²) in [6.07, 6.45) is 0. The van der Waals surface area contributed by atoms with E-state index < -0.39 is 0 Å². The fraction of sp³-hybridized carbons (Fsp3) is 0.278. The van der Waals surface area contributed by atoms with E-state index in [4.69, 9.17) is 0 Å². The Morgan fingerprint density at radius 1 is 1.14 bits per heavy atom. The molecule has 3 nitrogen and oxygen atoms in total. The molecule has 1 N–H and O–H groups in total. The van der Waals surface area contributed by atoms with Gasteiger partial charge in [0.15, 0.2) is 0 Å². The molecule has 0 heterocycles. The van der Waals surface area contributed by atoms with E-state index in [9.17, 15) is 9.18 Å². The molecule has 2 aromatic rings. The number of nitrogens with one attached hydrogen (secondary N) is 1. The van der Waals surface area contributed by atoms with Crippen LogP contribution in [0.2, 0.25) is 0 Å². The molecular weight excluding hydrogens is 279 g/mol. The third-order valence-electron chi connectivity index (χ3n) is 3.43. The summed E-state index contributed by atoms with van der Waals surface area (Å²) in [6, 6.07) is 15.0. The third kappa shape index (κ3) is 4.97. The zero-order valence-electron chi connectivity index (χ0n) is 13.0. The van der Waals surface area contributed by atoms with Crippen molar-refractivity contribution in [3.05, 3.63) is 71.0 Å². The molecule has 1 amide bonds. The van der Waals surface area contributed by atoms with Gasteiger partial charge in [-0.15, -0.1) is 0 Å². The number of carbonyl (C=O) groups excluding carboxylic acids is 1. The molecule has 116 valence electrons. The summed E-state index contributed by atoms with van der Waals surface area (Å²) in [5, 5.41) is 2.82. The van der Waals surface area contributed by atoms with Gasteiger partial charge in [-0.3, -0.25) is 9.69 Å². The van der Waals surface area contributed by atoms with Crippen molar-refractivity contribution in [3.8, 4) is 0 Å². The number of carbonyl (C=O) groups is 1. The van der Waals surface area contributed by atoms with Gasteiger partial charge in [-0.05, 0) is 36.7 Å². The molecule has 0 aliphatic rings. The van der Waals surface area contributed by atoms with Crippen molar-refractivity contribution in [3.63, 3.8) is 0 Å². The van der Waals surface area contributed by atoms with Crippen LogP contribution in [-0.4, -0.2) is 24.4 Å². The van der Waals surface area contributed by atoms with Gasteiger partial charge in [-0.2, -0.15) is 0 Å². The van der Waals surface area contributed by atoms with Crippen molar-refractivity contribution in [2.75, 3.05) is 13.6 Å². The third-order valence-corrected chi connectivity index (χ3v) is 3.43. The Balaban J connectivity index is 1.78. The molecule has 0 spiro atoms. The molecule has 0 saturated heterocycles. The van der Waals surface area contributed by atoms with Crippen LogP contribution in [0.5, 0.6) is 0 Å². The molecule has 0 fully saturated rings. The number of rotatable bonds is 6. The number of hydrogen-bond donors (Lipinski definition) is 1. The minimum absolute atomic E-state index is 0.0700. The SMILES string of the molecule is Cc1ccc(CNC(=O)CN(C)Cc2ccccc2)cc1F. The predicted molar refractivity (Wildman–Crippen MR) is 85.8 cm³/mol. The minimum Gasteiger partial charge on any atom is -0.351 e. The topological polar surface area (TPSA) is 32.3 Å². The average molecular weight is 300 g/mol. The number of benzene rings is 2. The summed E-state index contributed by atoms with van der Waals surface area (Å²) >= 11 is 0. The van der Waals surface area contributed by atoms with Gasteiger partial charge in [0.25, 0.3) is 0 Å². The lowest BCUT2D eigenvalue weighted by atomic mass is 10.1. The lowest BCUT2D eigenvalue weighted by Gasteiger charge is -2.16. The maximum atomic E-state index is 13.4. The van der Waals surface area contributed by atoms with Gasteiger partial charge in [-0.25, -0.2) is 4.39 Å².